The zero-order chi connectivity index (χ0) is 19.9. The fourth-order valence-corrected chi connectivity index (χ4v) is 3.88. The fourth-order valence-electron chi connectivity index (χ4n) is 2.86. The minimum atomic E-state index is -0.900. The molecule has 3 rings (SSSR count). The Kier molecular flexibility index (Phi) is 5.01. The van der Waals surface area contributed by atoms with Crippen molar-refractivity contribution in [1.29, 1.82) is 0 Å². The molecule has 2 aromatic heterocycles. The van der Waals surface area contributed by atoms with Crippen LogP contribution < -0.4 is 10.5 Å². The van der Waals surface area contributed by atoms with E-state index < -0.39 is 29.3 Å². The lowest BCUT2D eigenvalue weighted by atomic mass is 10.1. The number of anilines is 1. The summed E-state index contributed by atoms with van der Waals surface area (Å²) < 4.78 is 33.5. The molecule has 0 N–H and O–H groups in total. The van der Waals surface area contributed by atoms with Crippen molar-refractivity contribution in [3.05, 3.63) is 63.0 Å². The normalized spacial score (nSPS) is 11.2. The molecule has 0 aliphatic rings. The number of carbonyl (C=O) groups is 1. The zero-order valence-electron chi connectivity index (χ0n) is 15.2. The maximum atomic E-state index is 14.2. The van der Waals surface area contributed by atoms with Gasteiger partial charge in [-0.15, -0.1) is 11.3 Å². The quantitative estimate of drug-likeness (QED) is 0.634. The molecule has 0 radical (unpaired) electrons. The smallest absolute Gasteiger partial charge is 0.365 e. The number of hydrogen-bond donors (Lipinski definition) is 0. The van der Waals surface area contributed by atoms with Gasteiger partial charge in [-0.05, 0) is 56.8 Å². The van der Waals surface area contributed by atoms with E-state index in [2.05, 4.69) is 0 Å². The molecule has 2 heterocycles. The Morgan fingerprint density at radius 1 is 1.22 bits per heavy atom. The Morgan fingerprint density at radius 3 is 2.48 bits per heavy atom. The summed E-state index contributed by atoms with van der Waals surface area (Å²) in [5, 5.41) is 1.84. The van der Waals surface area contributed by atoms with Crippen molar-refractivity contribution in [3.8, 4) is 10.4 Å². The molecule has 0 aliphatic carbocycles. The molecular weight excluding hydrogens is 374 g/mol. The molecule has 0 aliphatic heterocycles. The van der Waals surface area contributed by atoms with E-state index in [-0.39, 0.29) is 5.69 Å². The number of aromatic nitrogens is 1. The zero-order valence-corrected chi connectivity index (χ0v) is 16.1. The van der Waals surface area contributed by atoms with Crippen LogP contribution in [0.1, 0.15) is 25.2 Å². The van der Waals surface area contributed by atoms with Crippen LogP contribution in [0.25, 0.3) is 10.4 Å². The molecule has 0 fully saturated rings. The summed E-state index contributed by atoms with van der Waals surface area (Å²) in [6.07, 6.45) is 0. The van der Waals surface area contributed by atoms with Gasteiger partial charge in [-0.2, -0.15) is 0 Å². The van der Waals surface area contributed by atoms with Gasteiger partial charge < -0.3 is 4.52 Å². The highest BCUT2D eigenvalue weighted by Crippen LogP contribution is 2.30. The predicted octanol–water partition coefficient (Wildman–Crippen LogP) is 4.95. The molecule has 0 saturated carbocycles. The second-order valence-electron chi connectivity index (χ2n) is 6.40. The highest BCUT2D eigenvalue weighted by molar-refractivity contribution is 7.13. The average Bonchev–Trinajstić information content (AvgIpc) is 3.12. The van der Waals surface area contributed by atoms with E-state index in [0.29, 0.717) is 22.1 Å². The van der Waals surface area contributed by atoms with Crippen molar-refractivity contribution in [1.82, 2.24) is 4.74 Å². The maximum Gasteiger partial charge on any atom is 0.365 e. The van der Waals surface area contributed by atoms with Crippen LogP contribution in [-0.2, 0) is 0 Å². The van der Waals surface area contributed by atoms with Crippen molar-refractivity contribution in [2.24, 2.45) is 0 Å². The summed E-state index contributed by atoms with van der Waals surface area (Å²) in [7, 11) is 0. The van der Waals surface area contributed by atoms with Crippen molar-refractivity contribution in [2.45, 2.75) is 33.7 Å². The first-order valence-corrected chi connectivity index (χ1v) is 9.16. The Hall–Kier alpha value is -2.74. The predicted molar refractivity (Wildman–Crippen MR) is 101 cm³/mol. The van der Waals surface area contributed by atoms with E-state index in [0.717, 1.165) is 27.5 Å². The monoisotopic (exact) mass is 392 g/mol. The molecule has 5 nitrogen and oxygen atoms in total. The molecule has 0 atom stereocenters. The molecule has 1 amide bonds. The number of amides is 1. The average molecular weight is 392 g/mol. The molecule has 0 saturated heterocycles. The molecule has 3 aromatic rings. The lowest BCUT2D eigenvalue weighted by Crippen LogP contribution is -2.43. The summed E-state index contributed by atoms with van der Waals surface area (Å²) in [5.41, 5.74) is 0.451. The number of nitrogens with zero attached hydrogens (tertiary/aromatic N) is 2. The second kappa shape index (κ2) is 7.11. The number of aryl methyl sites for hydroxylation is 2. The minimum absolute atomic E-state index is 0.133. The standard InChI is InChI=1S/C19H18F2N2O3S/c1-10(2)22(15-6-5-13(20)9-14(15)21)19(25)23-18(24)16(12(4)26-23)17-11(3)7-8-27-17/h5-10H,1-4H3. The van der Waals surface area contributed by atoms with Crippen LogP contribution in [0, 0.1) is 25.5 Å². The Bertz CT molecular complexity index is 1070. The number of hydrogen-bond acceptors (Lipinski definition) is 4. The van der Waals surface area contributed by atoms with Gasteiger partial charge in [0.2, 0.25) is 0 Å². The van der Waals surface area contributed by atoms with E-state index in [4.69, 9.17) is 4.52 Å². The third kappa shape index (κ3) is 3.32. The summed E-state index contributed by atoms with van der Waals surface area (Å²) in [5.74, 6) is -1.36. The fraction of sp³-hybridized carbons (Fsp3) is 0.263. The van der Waals surface area contributed by atoms with Crippen molar-refractivity contribution in [2.75, 3.05) is 4.90 Å². The lowest BCUT2D eigenvalue weighted by molar-refractivity contribution is 0.210. The number of halogens is 2. The summed E-state index contributed by atoms with van der Waals surface area (Å²) in [4.78, 5) is 27.6. The molecule has 1 aromatic carbocycles. The maximum absolute atomic E-state index is 14.2. The second-order valence-corrected chi connectivity index (χ2v) is 7.31. The van der Waals surface area contributed by atoms with Crippen LogP contribution in [-0.4, -0.2) is 16.8 Å². The summed E-state index contributed by atoms with van der Waals surface area (Å²) in [6, 6.07) is 3.43. The van der Waals surface area contributed by atoms with Crippen LogP contribution in [0.5, 0.6) is 0 Å². The first kappa shape index (κ1) is 19.0. The SMILES string of the molecule is Cc1ccsc1-c1c(C)on(C(=O)N(c2ccc(F)cc2F)C(C)C)c1=O. The van der Waals surface area contributed by atoms with Gasteiger partial charge in [-0.3, -0.25) is 9.69 Å². The Labute approximate surface area is 158 Å². The van der Waals surface area contributed by atoms with Crippen LogP contribution in [0.4, 0.5) is 19.3 Å². The van der Waals surface area contributed by atoms with Crippen LogP contribution in [0.15, 0.2) is 39.0 Å². The molecule has 142 valence electrons. The van der Waals surface area contributed by atoms with Crippen molar-refractivity contribution in [3.63, 3.8) is 0 Å². The first-order chi connectivity index (χ1) is 12.7. The van der Waals surface area contributed by atoms with Gasteiger partial charge in [0.25, 0.3) is 0 Å². The third-order valence-electron chi connectivity index (χ3n) is 4.13. The van der Waals surface area contributed by atoms with E-state index in [1.54, 1.807) is 20.8 Å². The number of thiophene rings is 1. The molecule has 0 unspecified atom stereocenters. The summed E-state index contributed by atoms with van der Waals surface area (Å²) >= 11 is 1.37. The van der Waals surface area contributed by atoms with Gasteiger partial charge >= 0.3 is 11.6 Å². The third-order valence-corrected chi connectivity index (χ3v) is 5.17. The number of rotatable bonds is 3. The van der Waals surface area contributed by atoms with E-state index >= 15 is 0 Å². The van der Waals surface area contributed by atoms with E-state index in [9.17, 15) is 18.4 Å². The van der Waals surface area contributed by atoms with Gasteiger partial charge in [-0.1, -0.05) is 4.74 Å². The van der Waals surface area contributed by atoms with Crippen LogP contribution >= 0.6 is 11.3 Å². The highest BCUT2D eigenvalue weighted by Gasteiger charge is 2.29. The number of benzene rings is 1. The molecular formula is C19H18F2N2O3S. The van der Waals surface area contributed by atoms with Crippen LogP contribution in [0.3, 0.4) is 0 Å². The molecule has 0 bridgehead atoms. The van der Waals surface area contributed by atoms with Gasteiger partial charge in [-0.25, -0.2) is 13.6 Å². The lowest BCUT2D eigenvalue weighted by Gasteiger charge is -2.26. The van der Waals surface area contributed by atoms with Gasteiger partial charge in [0.15, 0.2) is 0 Å². The van der Waals surface area contributed by atoms with Gasteiger partial charge in [0.1, 0.15) is 23.0 Å². The topological polar surface area (TPSA) is 55.5 Å². The van der Waals surface area contributed by atoms with Crippen LogP contribution in [0.2, 0.25) is 0 Å². The highest BCUT2D eigenvalue weighted by atomic mass is 32.1. The van der Waals surface area contributed by atoms with Gasteiger partial charge in [0, 0.05) is 17.0 Å². The Morgan fingerprint density at radius 2 is 1.93 bits per heavy atom. The molecule has 0 spiro atoms. The summed E-state index contributed by atoms with van der Waals surface area (Å²) in [6.45, 7) is 6.77. The van der Waals surface area contributed by atoms with E-state index in [1.165, 1.54) is 11.3 Å². The van der Waals surface area contributed by atoms with Crippen molar-refractivity contribution >= 4 is 23.1 Å². The molecule has 27 heavy (non-hydrogen) atoms. The first-order valence-electron chi connectivity index (χ1n) is 8.28. The largest absolute Gasteiger partial charge is 0.371 e. The number of carbonyl (C=O) groups excluding carboxylic acids is 1. The Balaban J connectivity index is 2.11. The molecule has 8 heteroatoms. The minimum Gasteiger partial charge on any atom is -0.371 e. The van der Waals surface area contributed by atoms with E-state index in [1.807, 2.05) is 18.4 Å². The van der Waals surface area contributed by atoms with Gasteiger partial charge in [0.05, 0.1) is 5.69 Å². The van der Waals surface area contributed by atoms with Crippen molar-refractivity contribution < 1.29 is 18.1 Å².